The molecule has 3 heterocycles. The Morgan fingerprint density at radius 3 is 1.20 bits per heavy atom. The van der Waals surface area contributed by atoms with Crippen molar-refractivity contribution in [2.45, 2.75) is 33.5 Å². The van der Waals surface area contributed by atoms with Crippen molar-refractivity contribution in [2.24, 2.45) is 0 Å². The van der Waals surface area contributed by atoms with Gasteiger partial charge in [0, 0.05) is 25.5 Å². The first-order chi connectivity index (χ1) is 9.50. The fourth-order valence-corrected chi connectivity index (χ4v) is 2.25. The van der Waals surface area contributed by atoms with Gasteiger partial charge in [-0.15, -0.1) is 0 Å². The molecule has 0 amide bonds. The molecule has 0 spiro atoms. The van der Waals surface area contributed by atoms with Crippen LogP contribution in [-0.2, 0) is 5.79 Å². The molecule has 0 N–H and O–H groups in total. The summed E-state index contributed by atoms with van der Waals surface area (Å²) in [4.78, 5) is 0. The van der Waals surface area contributed by atoms with E-state index in [1.807, 2.05) is 78.9 Å². The van der Waals surface area contributed by atoms with Crippen LogP contribution < -0.4 is 0 Å². The van der Waals surface area contributed by atoms with Crippen LogP contribution in [0.2, 0.25) is 0 Å². The lowest BCUT2D eigenvalue weighted by Crippen LogP contribution is -2.46. The minimum atomic E-state index is -0.642. The molecule has 20 heavy (non-hydrogen) atoms. The molecule has 6 heteroatoms. The summed E-state index contributed by atoms with van der Waals surface area (Å²) in [5.41, 5.74) is 3.30. The number of aryl methyl sites for hydroxylation is 3. The SMILES string of the molecule is Cc1cnn(C(C)(n2cc(C)cn2)n2cc(C)cn2)c1. The van der Waals surface area contributed by atoms with Crippen LogP contribution in [0.15, 0.2) is 37.2 Å². The maximum Gasteiger partial charge on any atom is 0.245 e. The molecule has 0 aliphatic carbocycles. The van der Waals surface area contributed by atoms with Crippen LogP contribution in [-0.4, -0.2) is 29.3 Å². The Bertz CT molecular complexity index is 634. The van der Waals surface area contributed by atoms with Crippen molar-refractivity contribution in [3.8, 4) is 0 Å². The van der Waals surface area contributed by atoms with E-state index < -0.39 is 5.79 Å². The summed E-state index contributed by atoms with van der Waals surface area (Å²) in [6, 6.07) is 0. The molecule has 0 aliphatic rings. The van der Waals surface area contributed by atoms with E-state index in [1.165, 1.54) is 0 Å². The zero-order valence-electron chi connectivity index (χ0n) is 12.1. The highest BCUT2D eigenvalue weighted by Crippen LogP contribution is 2.21. The van der Waals surface area contributed by atoms with Gasteiger partial charge >= 0.3 is 0 Å². The molecule has 3 aromatic heterocycles. The lowest BCUT2D eigenvalue weighted by Gasteiger charge is -2.31. The first kappa shape index (κ1) is 12.7. The number of hydrogen-bond acceptors (Lipinski definition) is 3. The van der Waals surface area contributed by atoms with Gasteiger partial charge in [0.15, 0.2) is 0 Å². The second kappa shape index (κ2) is 4.33. The van der Waals surface area contributed by atoms with Crippen LogP contribution in [0.25, 0.3) is 0 Å². The first-order valence-corrected chi connectivity index (χ1v) is 6.55. The Kier molecular flexibility index (Phi) is 2.74. The Labute approximate surface area is 117 Å². The van der Waals surface area contributed by atoms with Gasteiger partial charge in [-0.25, -0.2) is 14.0 Å². The number of nitrogens with zero attached hydrogens (tertiary/aromatic N) is 6. The van der Waals surface area contributed by atoms with Crippen molar-refractivity contribution in [1.29, 1.82) is 0 Å². The Hall–Kier alpha value is -2.37. The predicted molar refractivity (Wildman–Crippen MR) is 75.3 cm³/mol. The van der Waals surface area contributed by atoms with E-state index in [4.69, 9.17) is 0 Å². The smallest absolute Gasteiger partial charge is 0.225 e. The molecule has 6 nitrogen and oxygen atoms in total. The van der Waals surface area contributed by atoms with Gasteiger partial charge in [-0.1, -0.05) is 0 Å². The monoisotopic (exact) mass is 270 g/mol. The topological polar surface area (TPSA) is 53.5 Å². The molecule has 0 saturated carbocycles. The van der Waals surface area contributed by atoms with Crippen molar-refractivity contribution < 1.29 is 0 Å². The van der Waals surface area contributed by atoms with Gasteiger partial charge < -0.3 is 0 Å². The Morgan fingerprint density at radius 2 is 1.00 bits per heavy atom. The van der Waals surface area contributed by atoms with Gasteiger partial charge in [0.1, 0.15) is 0 Å². The average Bonchev–Trinajstić information content (AvgIpc) is 3.10. The molecule has 104 valence electrons. The van der Waals surface area contributed by atoms with Crippen molar-refractivity contribution in [3.63, 3.8) is 0 Å². The van der Waals surface area contributed by atoms with E-state index in [0.29, 0.717) is 0 Å². The summed E-state index contributed by atoms with van der Waals surface area (Å²) < 4.78 is 5.63. The lowest BCUT2D eigenvalue weighted by molar-refractivity contribution is 0.141. The van der Waals surface area contributed by atoms with Gasteiger partial charge in [-0.05, 0) is 37.5 Å². The molecule has 0 aromatic carbocycles. The van der Waals surface area contributed by atoms with Crippen molar-refractivity contribution in [3.05, 3.63) is 53.9 Å². The minimum Gasteiger partial charge on any atom is -0.225 e. The molecule has 3 aromatic rings. The van der Waals surface area contributed by atoms with Crippen LogP contribution in [0.4, 0.5) is 0 Å². The molecule has 0 saturated heterocycles. The normalized spacial score (nSPS) is 12.0. The van der Waals surface area contributed by atoms with Gasteiger partial charge in [-0.2, -0.15) is 15.3 Å². The fraction of sp³-hybridized carbons (Fsp3) is 0.357. The third-order valence-corrected chi connectivity index (χ3v) is 3.44. The number of aromatic nitrogens is 6. The van der Waals surface area contributed by atoms with Crippen LogP contribution >= 0.6 is 0 Å². The molecule has 3 rings (SSSR count). The van der Waals surface area contributed by atoms with E-state index in [9.17, 15) is 0 Å². The third-order valence-electron chi connectivity index (χ3n) is 3.44. The van der Waals surface area contributed by atoms with Gasteiger partial charge in [0.05, 0.1) is 18.6 Å². The largest absolute Gasteiger partial charge is 0.245 e. The zero-order chi connectivity index (χ0) is 14.3. The average molecular weight is 270 g/mol. The van der Waals surface area contributed by atoms with E-state index in [1.54, 1.807) is 0 Å². The van der Waals surface area contributed by atoms with Crippen molar-refractivity contribution >= 4 is 0 Å². The Morgan fingerprint density at radius 1 is 0.700 bits per heavy atom. The summed E-state index contributed by atoms with van der Waals surface area (Å²) in [5, 5.41) is 13.4. The summed E-state index contributed by atoms with van der Waals surface area (Å²) in [5.74, 6) is -0.642. The van der Waals surface area contributed by atoms with E-state index >= 15 is 0 Å². The summed E-state index contributed by atoms with van der Waals surface area (Å²) in [6.07, 6.45) is 11.5. The first-order valence-electron chi connectivity index (χ1n) is 6.55. The van der Waals surface area contributed by atoms with Crippen LogP contribution in [0, 0.1) is 20.8 Å². The standard InChI is InChI=1S/C14H18N6/c1-11-5-15-18(8-11)14(4,19-9-12(2)6-16-19)20-10-13(3)7-17-20/h5-10H,1-4H3. The van der Waals surface area contributed by atoms with Crippen LogP contribution in [0.1, 0.15) is 23.6 Å². The zero-order valence-corrected chi connectivity index (χ0v) is 12.1. The molecule has 0 bridgehead atoms. The predicted octanol–water partition coefficient (Wildman–Crippen LogP) is 1.93. The highest BCUT2D eigenvalue weighted by Gasteiger charge is 2.33. The quantitative estimate of drug-likeness (QED) is 0.730. The van der Waals surface area contributed by atoms with Gasteiger partial charge in [0.2, 0.25) is 5.79 Å². The summed E-state index contributed by atoms with van der Waals surface area (Å²) in [6.45, 7) is 8.10. The molecule has 0 radical (unpaired) electrons. The van der Waals surface area contributed by atoms with Gasteiger partial charge in [-0.3, -0.25) is 0 Å². The third kappa shape index (κ3) is 1.84. The van der Waals surface area contributed by atoms with Crippen LogP contribution in [0.5, 0.6) is 0 Å². The highest BCUT2D eigenvalue weighted by atomic mass is 15.6. The van der Waals surface area contributed by atoms with Crippen molar-refractivity contribution in [1.82, 2.24) is 29.3 Å². The summed E-state index contributed by atoms with van der Waals surface area (Å²) >= 11 is 0. The van der Waals surface area contributed by atoms with Crippen LogP contribution in [0.3, 0.4) is 0 Å². The number of hydrogen-bond donors (Lipinski definition) is 0. The van der Waals surface area contributed by atoms with Gasteiger partial charge in [0.25, 0.3) is 0 Å². The minimum absolute atomic E-state index is 0.642. The lowest BCUT2D eigenvalue weighted by atomic mass is 10.3. The molecule has 0 fully saturated rings. The maximum atomic E-state index is 4.45. The second-order valence-corrected chi connectivity index (χ2v) is 5.36. The molecule has 0 aliphatic heterocycles. The Balaban J connectivity index is 2.22. The highest BCUT2D eigenvalue weighted by molar-refractivity contribution is 5.08. The maximum absolute atomic E-state index is 4.45. The van der Waals surface area contributed by atoms with E-state index in [0.717, 1.165) is 16.7 Å². The van der Waals surface area contributed by atoms with E-state index in [-0.39, 0.29) is 0 Å². The molecular weight excluding hydrogens is 252 g/mol. The molecular formula is C14H18N6. The van der Waals surface area contributed by atoms with Crippen molar-refractivity contribution in [2.75, 3.05) is 0 Å². The molecule has 0 atom stereocenters. The summed E-state index contributed by atoms with van der Waals surface area (Å²) in [7, 11) is 0. The molecule has 0 unspecified atom stereocenters. The number of rotatable bonds is 3. The fourth-order valence-electron chi connectivity index (χ4n) is 2.25. The second-order valence-electron chi connectivity index (χ2n) is 5.36. The van der Waals surface area contributed by atoms with E-state index in [2.05, 4.69) is 15.3 Å².